The number of amides is 1. The Kier molecular flexibility index (Phi) is 7.98. The highest BCUT2D eigenvalue weighted by atomic mass is 35.5. The van der Waals surface area contributed by atoms with Gasteiger partial charge in [0.25, 0.3) is 5.91 Å². The van der Waals surface area contributed by atoms with Crippen LogP contribution in [-0.2, 0) is 0 Å². The molecule has 0 bridgehead atoms. The van der Waals surface area contributed by atoms with E-state index in [2.05, 4.69) is 37.8 Å². The molecule has 0 N–H and O–H groups in total. The summed E-state index contributed by atoms with van der Waals surface area (Å²) in [6, 6.07) is 14.0. The molecular weight excluding hydrogens is 390 g/mol. The van der Waals surface area contributed by atoms with E-state index in [0.717, 1.165) is 40.5 Å². The van der Waals surface area contributed by atoms with E-state index in [1.807, 2.05) is 42.2 Å². The first-order valence-corrected chi connectivity index (χ1v) is 10.3. The van der Waals surface area contributed by atoms with E-state index >= 15 is 0 Å². The number of thiazole rings is 1. The van der Waals surface area contributed by atoms with Crippen molar-refractivity contribution in [3.63, 3.8) is 0 Å². The predicted octanol–water partition coefficient (Wildman–Crippen LogP) is 5.32. The lowest BCUT2D eigenvalue weighted by atomic mass is 10.1. The average Bonchev–Trinajstić information content (AvgIpc) is 3.07. The molecule has 1 heterocycles. The maximum atomic E-state index is 13.3. The number of carbonyl (C=O) groups excluding carboxylic acids is 1. The van der Waals surface area contributed by atoms with Crippen LogP contribution in [0.25, 0.3) is 10.2 Å². The number of hydrogen-bond donors (Lipinski definition) is 0. The number of aryl methyl sites for hydroxylation is 2. The lowest BCUT2D eigenvalue weighted by Crippen LogP contribution is -2.38. The first-order valence-electron chi connectivity index (χ1n) is 9.50. The van der Waals surface area contributed by atoms with Gasteiger partial charge >= 0.3 is 0 Å². The van der Waals surface area contributed by atoms with Crippen molar-refractivity contribution < 1.29 is 4.79 Å². The molecule has 4 nitrogen and oxygen atoms in total. The summed E-state index contributed by atoms with van der Waals surface area (Å²) in [5.74, 6) is 0.0154. The molecule has 0 atom stereocenters. The van der Waals surface area contributed by atoms with Gasteiger partial charge in [-0.15, -0.1) is 12.4 Å². The number of likely N-dealkylation sites (N-methyl/N-ethyl adjacent to an activating group) is 1. The molecule has 28 heavy (non-hydrogen) atoms. The van der Waals surface area contributed by atoms with Crippen LogP contribution < -0.4 is 4.90 Å². The van der Waals surface area contributed by atoms with Gasteiger partial charge in [0.15, 0.2) is 5.13 Å². The largest absolute Gasteiger partial charge is 0.302 e. The maximum absolute atomic E-state index is 13.3. The number of anilines is 1. The monoisotopic (exact) mass is 417 g/mol. The first kappa shape index (κ1) is 22.3. The van der Waals surface area contributed by atoms with Crippen LogP contribution >= 0.6 is 23.7 Å². The number of fused-ring (bicyclic) bond motifs is 1. The molecule has 0 aliphatic heterocycles. The summed E-state index contributed by atoms with van der Waals surface area (Å²) >= 11 is 1.59. The zero-order valence-corrected chi connectivity index (χ0v) is 18.6. The minimum absolute atomic E-state index is 0. The lowest BCUT2D eigenvalue weighted by Gasteiger charge is -2.24. The van der Waals surface area contributed by atoms with E-state index < -0.39 is 0 Å². The van der Waals surface area contributed by atoms with E-state index in [0.29, 0.717) is 12.1 Å². The molecule has 0 aliphatic carbocycles. The number of aromatic nitrogens is 1. The summed E-state index contributed by atoms with van der Waals surface area (Å²) in [6.45, 7) is 11.8. The van der Waals surface area contributed by atoms with E-state index in [4.69, 9.17) is 4.98 Å². The summed E-state index contributed by atoms with van der Waals surface area (Å²) in [5, 5.41) is 0.772. The van der Waals surface area contributed by atoms with Crippen LogP contribution in [0.15, 0.2) is 42.5 Å². The zero-order chi connectivity index (χ0) is 19.4. The van der Waals surface area contributed by atoms with Crippen LogP contribution in [0.1, 0.15) is 35.3 Å². The van der Waals surface area contributed by atoms with Gasteiger partial charge in [-0.3, -0.25) is 9.69 Å². The minimum atomic E-state index is 0. The van der Waals surface area contributed by atoms with Gasteiger partial charge in [-0.05, 0) is 56.8 Å². The van der Waals surface area contributed by atoms with Crippen molar-refractivity contribution in [2.24, 2.45) is 0 Å². The highest BCUT2D eigenvalue weighted by molar-refractivity contribution is 7.22. The molecule has 3 rings (SSSR count). The van der Waals surface area contributed by atoms with E-state index in [1.54, 1.807) is 11.3 Å². The molecule has 0 unspecified atom stereocenters. The number of nitrogens with zero attached hydrogens (tertiary/aromatic N) is 3. The van der Waals surface area contributed by atoms with Crippen molar-refractivity contribution in [2.45, 2.75) is 27.7 Å². The molecule has 0 saturated carbocycles. The second-order valence-electron chi connectivity index (χ2n) is 6.82. The van der Waals surface area contributed by atoms with E-state index in [9.17, 15) is 4.79 Å². The van der Waals surface area contributed by atoms with Gasteiger partial charge in [-0.25, -0.2) is 4.98 Å². The third-order valence-electron chi connectivity index (χ3n) is 4.81. The number of benzene rings is 2. The van der Waals surface area contributed by atoms with Crippen molar-refractivity contribution >= 4 is 45.0 Å². The molecule has 0 radical (unpaired) electrons. The second-order valence-corrected chi connectivity index (χ2v) is 7.83. The Balaban J connectivity index is 0.00000280. The third-order valence-corrected chi connectivity index (χ3v) is 5.85. The number of rotatable bonds is 7. The summed E-state index contributed by atoms with van der Waals surface area (Å²) in [5.41, 5.74) is 3.96. The van der Waals surface area contributed by atoms with Crippen LogP contribution in [-0.4, -0.2) is 42.0 Å². The zero-order valence-electron chi connectivity index (χ0n) is 16.9. The van der Waals surface area contributed by atoms with Crippen molar-refractivity contribution in [3.8, 4) is 0 Å². The normalized spacial score (nSPS) is 10.9. The third kappa shape index (κ3) is 5.10. The minimum Gasteiger partial charge on any atom is -0.302 e. The van der Waals surface area contributed by atoms with Gasteiger partial charge < -0.3 is 4.90 Å². The van der Waals surface area contributed by atoms with Crippen LogP contribution in [0.2, 0.25) is 0 Å². The molecule has 0 aliphatic rings. The van der Waals surface area contributed by atoms with Crippen molar-refractivity contribution in [3.05, 3.63) is 59.2 Å². The highest BCUT2D eigenvalue weighted by Gasteiger charge is 2.22. The van der Waals surface area contributed by atoms with Gasteiger partial charge in [0, 0.05) is 18.7 Å². The van der Waals surface area contributed by atoms with Gasteiger partial charge in [0.2, 0.25) is 0 Å². The van der Waals surface area contributed by atoms with Crippen LogP contribution in [0.3, 0.4) is 0 Å². The Hall–Kier alpha value is -1.95. The molecule has 2 aromatic carbocycles. The summed E-state index contributed by atoms with van der Waals surface area (Å²) < 4.78 is 1.12. The SMILES string of the molecule is CCN(CC)CCN(C(=O)c1cccc(C)c1)c1nc2ccc(C)cc2s1.Cl. The highest BCUT2D eigenvalue weighted by Crippen LogP contribution is 2.30. The molecule has 0 spiro atoms. The van der Waals surface area contributed by atoms with E-state index in [-0.39, 0.29) is 18.3 Å². The molecule has 0 fully saturated rings. The van der Waals surface area contributed by atoms with Gasteiger partial charge in [-0.1, -0.05) is 48.9 Å². The van der Waals surface area contributed by atoms with Gasteiger partial charge in [0.1, 0.15) is 0 Å². The Morgan fingerprint density at radius 3 is 2.39 bits per heavy atom. The molecule has 1 aromatic heterocycles. The Labute approximate surface area is 177 Å². The quantitative estimate of drug-likeness (QED) is 0.521. The molecule has 150 valence electrons. The number of halogens is 1. The number of carbonyl (C=O) groups is 1. The summed E-state index contributed by atoms with van der Waals surface area (Å²) in [6.07, 6.45) is 0. The summed E-state index contributed by atoms with van der Waals surface area (Å²) in [4.78, 5) is 22.2. The Bertz CT molecular complexity index is 936. The fourth-order valence-electron chi connectivity index (χ4n) is 3.13. The van der Waals surface area contributed by atoms with Gasteiger partial charge in [0.05, 0.1) is 10.2 Å². The second kappa shape index (κ2) is 10.0. The molecule has 3 aromatic rings. The molecular formula is C22H28ClN3OS. The fraction of sp³-hybridized carbons (Fsp3) is 0.364. The molecule has 0 saturated heterocycles. The van der Waals surface area contributed by atoms with Gasteiger partial charge in [-0.2, -0.15) is 0 Å². The first-order chi connectivity index (χ1) is 13.0. The van der Waals surface area contributed by atoms with Crippen molar-refractivity contribution in [1.29, 1.82) is 0 Å². The predicted molar refractivity (Wildman–Crippen MR) is 122 cm³/mol. The fourth-order valence-corrected chi connectivity index (χ4v) is 4.22. The standard InChI is InChI=1S/C22H27N3OS.ClH/c1-5-24(6-2)12-13-25(21(26)18-9-7-8-16(3)14-18)22-23-19-11-10-17(4)15-20(19)27-22;/h7-11,14-15H,5-6,12-13H2,1-4H3;1H. The lowest BCUT2D eigenvalue weighted by molar-refractivity contribution is 0.0983. The van der Waals surface area contributed by atoms with Crippen molar-refractivity contribution in [2.75, 3.05) is 31.1 Å². The maximum Gasteiger partial charge on any atom is 0.260 e. The molecule has 1 amide bonds. The Morgan fingerprint density at radius 1 is 1.00 bits per heavy atom. The smallest absolute Gasteiger partial charge is 0.260 e. The summed E-state index contributed by atoms with van der Waals surface area (Å²) in [7, 11) is 0. The Morgan fingerprint density at radius 2 is 1.71 bits per heavy atom. The van der Waals surface area contributed by atoms with Crippen LogP contribution in [0, 0.1) is 13.8 Å². The topological polar surface area (TPSA) is 36.4 Å². The molecule has 6 heteroatoms. The van der Waals surface area contributed by atoms with Crippen LogP contribution in [0.5, 0.6) is 0 Å². The van der Waals surface area contributed by atoms with Crippen molar-refractivity contribution in [1.82, 2.24) is 9.88 Å². The van der Waals surface area contributed by atoms with Crippen LogP contribution in [0.4, 0.5) is 5.13 Å². The number of hydrogen-bond acceptors (Lipinski definition) is 4. The average molecular weight is 418 g/mol. The van der Waals surface area contributed by atoms with E-state index in [1.165, 1.54) is 5.56 Å².